The lowest BCUT2D eigenvalue weighted by atomic mass is 10.0. The Hall–Kier alpha value is -1.81. The van der Waals surface area contributed by atoms with E-state index in [1.807, 2.05) is 19.1 Å². The molecule has 2 aromatic carbocycles. The van der Waals surface area contributed by atoms with E-state index in [9.17, 15) is 4.79 Å². The standard InChI is InChI=1S/C16H15BrO3/c1-3-20-11-8-9-12(14(17)10-11)16(18)13-6-4-5-7-15(13)19-2/h4-10H,3H2,1-2H3. The fourth-order valence-electron chi connectivity index (χ4n) is 1.91. The number of benzene rings is 2. The largest absolute Gasteiger partial charge is 0.496 e. The summed E-state index contributed by atoms with van der Waals surface area (Å²) in [5.74, 6) is 1.21. The van der Waals surface area contributed by atoms with Gasteiger partial charge in [-0.3, -0.25) is 4.79 Å². The minimum Gasteiger partial charge on any atom is -0.496 e. The third-order valence-corrected chi connectivity index (χ3v) is 3.50. The Kier molecular flexibility index (Phi) is 4.79. The first-order chi connectivity index (χ1) is 9.67. The maximum absolute atomic E-state index is 12.6. The molecule has 3 nitrogen and oxygen atoms in total. The molecular weight excluding hydrogens is 320 g/mol. The van der Waals surface area contributed by atoms with Crippen molar-refractivity contribution < 1.29 is 14.3 Å². The maximum Gasteiger partial charge on any atom is 0.197 e. The average molecular weight is 335 g/mol. The second-order valence-electron chi connectivity index (χ2n) is 4.10. The van der Waals surface area contributed by atoms with E-state index in [4.69, 9.17) is 9.47 Å². The summed E-state index contributed by atoms with van der Waals surface area (Å²) < 4.78 is 11.3. The molecule has 0 aliphatic rings. The second-order valence-corrected chi connectivity index (χ2v) is 4.96. The monoisotopic (exact) mass is 334 g/mol. The number of halogens is 1. The molecule has 0 aliphatic heterocycles. The highest BCUT2D eigenvalue weighted by Gasteiger charge is 2.16. The van der Waals surface area contributed by atoms with Crippen LogP contribution >= 0.6 is 15.9 Å². The number of carbonyl (C=O) groups is 1. The number of rotatable bonds is 5. The van der Waals surface area contributed by atoms with Gasteiger partial charge in [0.15, 0.2) is 5.78 Å². The summed E-state index contributed by atoms with van der Waals surface area (Å²) in [5.41, 5.74) is 1.12. The molecule has 0 atom stereocenters. The fraction of sp³-hybridized carbons (Fsp3) is 0.188. The van der Waals surface area contributed by atoms with Crippen molar-refractivity contribution in [2.45, 2.75) is 6.92 Å². The van der Waals surface area contributed by atoms with Gasteiger partial charge in [0.2, 0.25) is 0 Å². The molecule has 0 aromatic heterocycles. The summed E-state index contributed by atoms with van der Waals surface area (Å²) in [5, 5.41) is 0. The van der Waals surface area contributed by atoms with Crippen molar-refractivity contribution in [1.29, 1.82) is 0 Å². The van der Waals surface area contributed by atoms with Gasteiger partial charge in [-0.25, -0.2) is 0 Å². The minimum atomic E-state index is -0.0858. The maximum atomic E-state index is 12.6. The van der Waals surface area contributed by atoms with E-state index in [1.54, 1.807) is 37.4 Å². The number of methoxy groups -OCH3 is 1. The lowest BCUT2D eigenvalue weighted by Gasteiger charge is -2.10. The molecule has 104 valence electrons. The first kappa shape index (κ1) is 14.6. The molecule has 0 bridgehead atoms. The van der Waals surface area contributed by atoms with Crippen LogP contribution < -0.4 is 9.47 Å². The van der Waals surface area contributed by atoms with E-state index in [1.165, 1.54) is 0 Å². The van der Waals surface area contributed by atoms with Gasteiger partial charge in [0.05, 0.1) is 19.3 Å². The molecule has 0 spiro atoms. The van der Waals surface area contributed by atoms with Crippen molar-refractivity contribution in [1.82, 2.24) is 0 Å². The van der Waals surface area contributed by atoms with Crippen LogP contribution in [0.5, 0.6) is 11.5 Å². The van der Waals surface area contributed by atoms with Crippen LogP contribution in [0.3, 0.4) is 0 Å². The van der Waals surface area contributed by atoms with Crippen LogP contribution in [-0.4, -0.2) is 19.5 Å². The van der Waals surface area contributed by atoms with Crippen LogP contribution in [0.4, 0.5) is 0 Å². The van der Waals surface area contributed by atoms with E-state index in [0.717, 1.165) is 5.75 Å². The van der Waals surface area contributed by atoms with Gasteiger partial charge < -0.3 is 9.47 Å². The molecule has 0 N–H and O–H groups in total. The number of hydrogen-bond donors (Lipinski definition) is 0. The molecule has 0 unspecified atom stereocenters. The van der Waals surface area contributed by atoms with Gasteiger partial charge in [-0.2, -0.15) is 0 Å². The third kappa shape index (κ3) is 3.02. The molecule has 0 aliphatic carbocycles. The molecule has 2 aromatic rings. The number of hydrogen-bond acceptors (Lipinski definition) is 3. The van der Waals surface area contributed by atoms with Gasteiger partial charge in [-0.15, -0.1) is 0 Å². The van der Waals surface area contributed by atoms with Gasteiger partial charge in [0, 0.05) is 10.0 Å². The van der Waals surface area contributed by atoms with Crippen LogP contribution in [0.15, 0.2) is 46.9 Å². The highest BCUT2D eigenvalue weighted by atomic mass is 79.9. The normalized spacial score (nSPS) is 10.2. The molecule has 0 radical (unpaired) electrons. The first-order valence-electron chi connectivity index (χ1n) is 6.27. The Morgan fingerprint density at radius 3 is 2.55 bits per heavy atom. The average Bonchev–Trinajstić information content (AvgIpc) is 2.47. The van der Waals surface area contributed by atoms with Crippen molar-refractivity contribution in [3.05, 3.63) is 58.1 Å². The van der Waals surface area contributed by atoms with E-state index >= 15 is 0 Å². The lowest BCUT2D eigenvalue weighted by Crippen LogP contribution is -2.05. The summed E-state index contributed by atoms with van der Waals surface area (Å²) in [6.07, 6.45) is 0. The number of para-hydroxylation sites is 1. The van der Waals surface area contributed by atoms with Gasteiger partial charge in [0.1, 0.15) is 11.5 Å². The number of ketones is 1. The summed E-state index contributed by atoms with van der Waals surface area (Å²) in [4.78, 5) is 12.6. The zero-order chi connectivity index (χ0) is 14.5. The second kappa shape index (κ2) is 6.57. The van der Waals surface area contributed by atoms with Gasteiger partial charge in [-0.1, -0.05) is 12.1 Å². The highest BCUT2D eigenvalue weighted by molar-refractivity contribution is 9.10. The molecule has 0 amide bonds. The zero-order valence-electron chi connectivity index (χ0n) is 11.4. The smallest absolute Gasteiger partial charge is 0.197 e. The van der Waals surface area contributed by atoms with Crippen LogP contribution in [0.25, 0.3) is 0 Å². The molecule has 20 heavy (non-hydrogen) atoms. The summed E-state index contributed by atoms with van der Waals surface area (Å²) in [6, 6.07) is 12.5. The van der Waals surface area contributed by atoms with Crippen LogP contribution in [0.2, 0.25) is 0 Å². The number of carbonyl (C=O) groups excluding carboxylic acids is 1. The van der Waals surface area contributed by atoms with Crippen molar-refractivity contribution >= 4 is 21.7 Å². The zero-order valence-corrected chi connectivity index (χ0v) is 12.9. The van der Waals surface area contributed by atoms with Gasteiger partial charge >= 0.3 is 0 Å². The van der Waals surface area contributed by atoms with E-state index in [-0.39, 0.29) is 5.78 Å². The molecule has 0 fully saturated rings. The van der Waals surface area contributed by atoms with Crippen LogP contribution in [-0.2, 0) is 0 Å². The summed E-state index contributed by atoms with van der Waals surface area (Å²) in [7, 11) is 1.55. The topological polar surface area (TPSA) is 35.5 Å². The van der Waals surface area contributed by atoms with Crippen LogP contribution in [0, 0.1) is 0 Å². The molecule has 0 heterocycles. The minimum absolute atomic E-state index is 0.0858. The Morgan fingerprint density at radius 2 is 1.90 bits per heavy atom. The Labute approximate surface area is 126 Å². The van der Waals surface area contributed by atoms with Crippen molar-refractivity contribution in [3.8, 4) is 11.5 Å². The quantitative estimate of drug-likeness (QED) is 0.772. The molecular formula is C16H15BrO3. The third-order valence-electron chi connectivity index (χ3n) is 2.85. The van der Waals surface area contributed by atoms with Crippen molar-refractivity contribution in [3.63, 3.8) is 0 Å². The Morgan fingerprint density at radius 1 is 1.15 bits per heavy atom. The van der Waals surface area contributed by atoms with Crippen molar-refractivity contribution in [2.75, 3.05) is 13.7 Å². The Balaban J connectivity index is 2.38. The van der Waals surface area contributed by atoms with Crippen LogP contribution in [0.1, 0.15) is 22.8 Å². The predicted octanol–water partition coefficient (Wildman–Crippen LogP) is 4.09. The van der Waals surface area contributed by atoms with E-state index < -0.39 is 0 Å². The molecule has 0 saturated heterocycles. The summed E-state index contributed by atoms with van der Waals surface area (Å²) >= 11 is 3.42. The first-order valence-corrected chi connectivity index (χ1v) is 7.06. The number of ether oxygens (including phenoxy) is 2. The van der Waals surface area contributed by atoms with E-state index in [2.05, 4.69) is 15.9 Å². The van der Waals surface area contributed by atoms with Crippen molar-refractivity contribution in [2.24, 2.45) is 0 Å². The predicted molar refractivity (Wildman–Crippen MR) is 81.7 cm³/mol. The highest BCUT2D eigenvalue weighted by Crippen LogP contribution is 2.28. The molecule has 2 rings (SSSR count). The van der Waals surface area contributed by atoms with Gasteiger partial charge in [0.25, 0.3) is 0 Å². The van der Waals surface area contributed by atoms with Gasteiger partial charge in [-0.05, 0) is 53.2 Å². The Bertz CT molecular complexity index is 623. The SMILES string of the molecule is CCOc1ccc(C(=O)c2ccccc2OC)c(Br)c1. The van der Waals surface area contributed by atoms with E-state index in [0.29, 0.717) is 28.0 Å². The molecule has 4 heteroatoms. The summed E-state index contributed by atoms with van der Waals surface area (Å²) in [6.45, 7) is 2.51. The lowest BCUT2D eigenvalue weighted by molar-refractivity contribution is 0.103. The molecule has 0 saturated carbocycles. The fourth-order valence-corrected chi connectivity index (χ4v) is 2.45.